The molecule has 0 aliphatic carbocycles. The molecule has 0 atom stereocenters. The van der Waals surface area contributed by atoms with Crippen LogP contribution in [0.3, 0.4) is 0 Å². The number of imide groups is 1. The third-order valence-corrected chi connectivity index (χ3v) is 11.1. The van der Waals surface area contributed by atoms with E-state index in [4.69, 9.17) is 0 Å². The Kier molecular flexibility index (Phi) is 6.79. The highest BCUT2D eigenvalue weighted by Crippen LogP contribution is 2.43. The van der Waals surface area contributed by atoms with Crippen molar-refractivity contribution in [3.8, 4) is 33.6 Å². The summed E-state index contributed by atoms with van der Waals surface area (Å²) in [5, 5.41) is 4.46. The number of nitrogens with zero attached hydrogens (tertiary/aromatic N) is 3. The molecular weight excluding hydrogens is 675 g/mol. The van der Waals surface area contributed by atoms with Crippen LogP contribution in [0, 0.1) is 0 Å². The molecule has 8 aromatic carbocycles. The van der Waals surface area contributed by atoms with Gasteiger partial charge in [0, 0.05) is 27.1 Å². The lowest BCUT2D eigenvalue weighted by atomic mass is 9.97. The molecule has 55 heavy (non-hydrogen) atoms. The summed E-state index contributed by atoms with van der Waals surface area (Å²) in [6, 6.07) is 63.4. The van der Waals surface area contributed by atoms with Gasteiger partial charge in [0.2, 0.25) is 0 Å². The molecule has 3 heterocycles. The Morgan fingerprint density at radius 2 is 0.855 bits per heavy atom. The molecule has 5 heteroatoms. The maximum absolute atomic E-state index is 15.1. The normalized spacial score (nSPS) is 12.8. The van der Waals surface area contributed by atoms with E-state index in [1.54, 1.807) is 6.07 Å². The molecule has 2 aromatic heterocycles. The molecule has 258 valence electrons. The number of benzene rings is 8. The van der Waals surface area contributed by atoms with E-state index in [-0.39, 0.29) is 11.8 Å². The Morgan fingerprint density at radius 3 is 1.53 bits per heavy atom. The molecule has 0 saturated heterocycles. The zero-order valence-corrected chi connectivity index (χ0v) is 29.6. The molecule has 0 N–H and O–H groups in total. The number of amides is 2. The first-order valence-corrected chi connectivity index (χ1v) is 18.5. The first-order chi connectivity index (χ1) is 27.2. The Hall–Kier alpha value is -7.50. The lowest BCUT2D eigenvalue weighted by Gasteiger charge is -2.20. The maximum Gasteiger partial charge on any atom is 0.268 e. The van der Waals surface area contributed by atoms with E-state index >= 15 is 4.79 Å². The first-order valence-electron chi connectivity index (χ1n) is 18.5. The lowest BCUT2D eigenvalue weighted by molar-refractivity contribution is 0.0926. The number of carbonyl (C=O) groups excluding carboxylic acids is 2. The van der Waals surface area contributed by atoms with Crippen molar-refractivity contribution in [1.82, 2.24) is 9.13 Å². The van der Waals surface area contributed by atoms with Crippen LogP contribution < -0.4 is 4.90 Å². The van der Waals surface area contributed by atoms with E-state index in [9.17, 15) is 4.79 Å². The quantitative estimate of drug-likeness (QED) is 0.167. The summed E-state index contributed by atoms with van der Waals surface area (Å²) in [6.07, 6.45) is 0. The molecule has 10 aromatic rings. The highest BCUT2D eigenvalue weighted by Gasteiger charge is 2.40. The zero-order chi connectivity index (χ0) is 36.6. The topological polar surface area (TPSA) is 47.2 Å². The van der Waals surface area contributed by atoms with Crippen molar-refractivity contribution in [2.45, 2.75) is 0 Å². The standard InChI is InChI=1S/C50H31N3O2/c54-49-39-23-14-27-45(47(39)50(55)53(49)44-30-29-34(32-15-3-1-4-16-32)31-40(44)33-17-5-2-6-18-33)52-43-26-12-9-21-37(43)38-22-13-28-46(48(38)52)51-41-24-10-7-19-35(41)36-20-8-11-25-42(36)51/h1-31H. The van der Waals surface area contributed by atoms with Gasteiger partial charge in [-0.15, -0.1) is 0 Å². The van der Waals surface area contributed by atoms with Crippen LogP contribution in [0.25, 0.3) is 77.2 Å². The fourth-order valence-corrected chi connectivity index (χ4v) is 8.68. The number of para-hydroxylation sites is 4. The van der Waals surface area contributed by atoms with Crippen molar-refractivity contribution in [2.24, 2.45) is 0 Å². The van der Waals surface area contributed by atoms with Crippen LogP contribution in [0.2, 0.25) is 0 Å². The van der Waals surface area contributed by atoms with E-state index in [2.05, 4.69) is 112 Å². The van der Waals surface area contributed by atoms with Gasteiger partial charge in [0.15, 0.2) is 0 Å². The number of carbonyl (C=O) groups is 2. The molecule has 1 aliphatic rings. The van der Waals surface area contributed by atoms with Crippen LogP contribution in [-0.2, 0) is 0 Å². The van der Waals surface area contributed by atoms with E-state index in [1.165, 1.54) is 15.7 Å². The van der Waals surface area contributed by atoms with Gasteiger partial charge in [-0.25, -0.2) is 4.90 Å². The summed E-state index contributed by atoms with van der Waals surface area (Å²) in [5.74, 6) is -0.685. The number of hydrogen-bond donors (Lipinski definition) is 0. The van der Waals surface area contributed by atoms with Gasteiger partial charge in [-0.2, -0.15) is 0 Å². The minimum absolute atomic E-state index is 0.338. The first kappa shape index (κ1) is 31.1. The van der Waals surface area contributed by atoms with Gasteiger partial charge in [-0.05, 0) is 65.2 Å². The average molecular weight is 706 g/mol. The van der Waals surface area contributed by atoms with Gasteiger partial charge in [0.05, 0.1) is 50.3 Å². The molecule has 0 unspecified atom stereocenters. The van der Waals surface area contributed by atoms with Crippen molar-refractivity contribution >= 4 is 61.1 Å². The molecular formula is C50H31N3O2. The summed E-state index contributed by atoms with van der Waals surface area (Å²) in [4.78, 5) is 31.1. The Bertz CT molecular complexity index is 3140. The van der Waals surface area contributed by atoms with Crippen LogP contribution in [0.15, 0.2) is 188 Å². The monoisotopic (exact) mass is 705 g/mol. The van der Waals surface area contributed by atoms with Gasteiger partial charge in [-0.3, -0.25) is 9.59 Å². The van der Waals surface area contributed by atoms with Crippen LogP contribution in [0.5, 0.6) is 0 Å². The van der Waals surface area contributed by atoms with Gasteiger partial charge in [0.1, 0.15) is 0 Å². The molecule has 2 amide bonds. The predicted octanol–water partition coefficient (Wildman–Crippen LogP) is 12.0. The van der Waals surface area contributed by atoms with E-state index in [0.29, 0.717) is 22.5 Å². The summed E-state index contributed by atoms with van der Waals surface area (Å²) < 4.78 is 4.51. The molecule has 5 nitrogen and oxygen atoms in total. The van der Waals surface area contributed by atoms with Crippen molar-refractivity contribution in [1.29, 1.82) is 0 Å². The van der Waals surface area contributed by atoms with Crippen molar-refractivity contribution in [2.75, 3.05) is 4.90 Å². The maximum atomic E-state index is 15.1. The largest absolute Gasteiger partial charge is 0.307 e. The molecule has 0 spiro atoms. The number of anilines is 1. The fourth-order valence-electron chi connectivity index (χ4n) is 8.68. The van der Waals surface area contributed by atoms with Crippen molar-refractivity contribution in [3.63, 3.8) is 0 Å². The average Bonchev–Trinajstić information content (AvgIpc) is 3.86. The second kappa shape index (κ2) is 12.0. The summed E-state index contributed by atoms with van der Waals surface area (Å²) in [6.45, 7) is 0. The van der Waals surface area contributed by atoms with Gasteiger partial charge < -0.3 is 9.13 Å². The summed E-state index contributed by atoms with van der Waals surface area (Å²) in [5.41, 5.74) is 10.9. The van der Waals surface area contributed by atoms with Gasteiger partial charge >= 0.3 is 0 Å². The second-order valence-corrected chi connectivity index (χ2v) is 14.0. The number of hydrogen-bond acceptors (Lipinski definition) is 2. The minimum Gasteiger partial charge on any atom is -0.307 e. The number of fused-ring (bicyclic) bond motifs is 7. The van der Waals surface area contributed by atoms with E-state index < -0.39 is 0 Å². The summed E-state index contributed by atoms with van der Waals surface area (Å²) in [7, 11) is 0. The van der Waals surface area contributed by atoms with Gasteiger partial charge in [0.25, 0.3) is 11.8 Å². The summed E-state index contributed by atoms with van der Waals surface area (Å²) >= 11 is 0. The van der Waals surface area contributed by atoms with Crippen molar-refractivity contribution < 1.29 is 9.59 Å². The Balaban J connectivity index is 1.16. The zero-order valence-electron chi connectivity index (χ0n) is 29.6. The molecule has 1 aliphatic heterocycles. The third kappa shape index (κ3) is 4.53. The number of aromatic nitrogens is 2. The lowest BCUT2D eigenvalue weighted by Crippen LogP contribution is -2.30. The van der Waals surface area contributed by atoms with Crippen molar-refractivity contribution in [3.05, 3.63) is 199 Å². The fraction of sp³-hybridized carbons (Fsp3) is 0. The molecule has 0 fully saturated rings. The Morgan fingerprint density at radius 1 is 0.327 bits per heavy atom. The molecule has 11 rings (SSSR count). The highest BCUT2D eigenvalue weighted by molar-refractivity contribution is 6.36. The predicted molar refractivity (Wildman–Crippen MR) is 224 cm³/mol. The number of rotatable bonds is 5. The molecule has 0 radical (unpaired) electrons. The second-order valence-electron chi connectivity index (χ2n) is 14.0. The van der Waals surface area contributed by atoms with E-state index in [1.807, 2.05) is 78.9 Å². The van der Waals surface area contributed by atoms with Crippen LogP contribution in [0.4, 0.5) is 5.69 Å². The van der Waals surface area contributed by atoms with Crippen LogP contribution in [0.1, 0.15) is 20.7 Å². The Labute approximate surface area is 316 Å². The van der Waals surface area contributed by atoms with Gasteiger partial charge in [-0.1, -0.05) is 140 Å². The SMILES string of the molecule is O=C1c2cccc(-n3c4ccccc4c4cccc(-n5c6ccccc6c6ccccc65)c43)c2C(=O)N1c1ccc(-c2ccccc2)cc1-c1ccccc1. The third-order valence-electron chi connectivity index (χ3n) is 11.1. The minimum atomic E-state index is -0.347. The van der Waals surface area contributed by atoms with Crippen LogP contribution >= 0.6 is 0 Å². The highest BCUT2D eigenvalue weighted by atomic mass is 16.2. The van der Waals surface area contributed by atoms with Crippen LogP contribution in [-0.4, -0.2) is 20.9 Å². The van der Waals surface area contributed by atoms with E-state index in [0.717, 1.165) is 60.8 Å². The molecule has 0 bridgehead atoms. The smallest absolute Gasteiger partial charge is 0.268 e. The molecule has 0 saturated carbocycles.